The normalized spacial score (nSPS) is 10.3. The van der Waals surface area contributed by atoms with Crippen molar-refractivity contribution in [3.63, 3.8) is 0 Å². The average molecular weight is 287 g/mol. The van der Waals surface area contributed by atoms with Crippen LogP contribution in [0.15, 0.2) is 18.2 Å². The number of hydrogen-bond donors (Lipinski definition) is 1. The van der Waals surface area contributed by atoms with Crippen LogP contribution in [0.3, 0.4) is 0 Å². The molecule has 0 amide bonds. The summed E-state index contributed by atoms with van der Waals surface area (Å²) >= 11 is 0. The lowest BCUT2D eigenvalue weighted by molar-refractivity contribution is 0.404. The zero-order valence-electron chi connectivity index (χ0n) is 13.2. The van der Waals surface area contributed by atoms with Gasteiger partial charge in [-0.3, -0.25) is 0 Å². The number of benzene rings is 1. The molecule has 5 heteroatoms. The van der Waals surface area contributed by atoms with Gasteiger partial charge < -0.3 is 14.8 Å². The molecule has 1 aromatic heterocycles. The molecule has 0 radical (unpaired) electrons. The molecular formula is C16H21N3O2. The summed E-state index contributed by atoms with van der Waals surface area (Å²) in [6.07, 6.45) is 0. The van der Waals surface area contributed by atoms with Crippen LogP contribution in [0.4, 0.5) is 5.82 Å². The van der Waals surface area contributed by atoms with E-state index in [1.54, 1.807) is 14.2 Å². The van der Waals surface area contributed by atoms with E-state index >= 15 is 0 Å². The summed E-state index contributed by atoms with van der Waals surface area (Å²) in [5.74, 6) is 2.95. The molecule has 112 valence electrons. The quantitative estimate of drug-likeness (QED) is 0.915. The van der Waals surface area contributed by atoms with Crippen molar-refractivity contribution in [3.8, 4) is 22.9 Å². The van der Waals surface area contributed by atoms with Gasteiger partial charge in [0.05, 0.1) is 19.8 Å². The van der Waals surface area contributed by atoms with Gasteiger partial charge in [-0.05, 0) is 39.0 Å². The van der Waals surface area contributed by atoms with Crippen LogP contribution in [0.5, 0.6) is 11.5 Å². The maximum Gasteiger partial charge on any atom is 0.165 e. The number of hydrogen-bond acceptors (Lipinski definition) is 5. The Labute approximate surface area is 125 Å². The average Bonchev–Trinajstić information content (AvgIpc) is 2.51. The van der Waals surface area contributed by atoms with E-state index in [-0.39, 0.29) is 0 Å². The largest absolute Gasteiger partial charge is 0.497 e. The molecule has 0 atom stereocenters. The summed E-state index contributed by atoms with van der Waals surface area (Å²) in [5.41, 5.74) is 2.82. The number of nitrogens with one attached hydrogen (secondary N) is 1. The number of rotatable bonds is 5. The second-order valence-electron chi connectivity index (χ2n) is 4.70. The van der Waals surface area contributed by atoms with Gasteiger partial charge in [0.15, 0.2) is 5.82 Å². The highest BCUT2D eigenvalue weighted by atomic mass is 16.5. The van der Waals surface area contributed by atoms with E-state index < -0.39 is 0 Å². The van der Waals surface area contributed by atoms with Crippen LogP contribution in [-0.4, -0.2) is 30.7 Å². The van der Waals surface area contributed by atoms with Crippen molar-refractivity contribution in [2.24, 2.45) is 0 Å². The van der Waals surface area contributed by atoms with Gasteiger partial charge in [-0.15, -0.1) is 0 Å². The maximum atomic E-state index is 5.41. The first-order valence-corrected chi connectivity index (χ1v) is 6.92. The topological polar surface area (TPSA) is 56.3 Å². The van der Waals surface area contributed by atoms with E-state index in [0.717, 1.165) is 40.7 Å². The number of nitrogens with zero attached hydrogens (tertiary/aromatic N) is 2. The molecule has 0 saturated carbocycles. The molecule has 2 rings (SSSR count). The van der Waals surface area contributed by atoms with Gasteiger partial charge >= 0.3 is 0 Å². The van der Waals surface area contributed by atoms with Gasteiger partial charge in [0.1, 0.15) is 17.3 Å². The Morgan fingerprint density at radius 3 is 2.48 bits per heavy atom. The van der Waals surface area contributed by atoms with E-state index in [0.29, 0.717) is 5.82 Å². The Kier molecular flexibility index (Phi) is 4.62. The van der Waals surface area contributed by atoms with Gasteiger partial charge in [0.25, 0.3) is 0 Å². The van der Waals surface area contributed by atoms with Crippen molar-refractivity contribution < 1.29 is 9.47 Å². The van der Waals surface area contributed by atoms with E-state index in [1.165, 1.54) is 0 Å². The molecular weight excluding hydrogens is 266 g/mol. The lowest BCUT2D eigenvalue weighted by Gasteiger charge is -2.13. The fraction of sp³-hybridized carbons (Fsp3) is 0.375. The van der Waals surface area contributed by atoms with E-state index in [2.05, 4.69) is 15.3 Å². The first kappa shape index (κ1) is 15.1. The summed E-state index contributed by atoms with van der Waals surface area (Å²) in [6.45, 7) is 6.85. The van der Waals surface area contributed by atoms with Gasteiger partial charge in [-0.2, -0.15) is 0 Å². The third kappa shape index (κ3) is 3.07. The molecule has 0 spiro atoms. The third-order valence-corrected chi connectivity index (χ3v) is 3.38. The molecule has 0 bridgehead atoms. The van der Waals surface area contributed by atoms with Gasteiger partial charge in [0, 0.05) is 17.8 Å². The summed E-state index contributed by atoms with van der Waals surface area (Å²) in [4.78, 5) is 9.20. The molecule has 2 aromatic rings. The Morgan fingerprint density at radius 1 is 1.10 bits per heavy atom. The van der Waals surface area contributed by atoms with Crippen LogP contribution < -0.4 is 14.8 Å². The second kappa shape index (κ2) is 6.43. The molecule has 0 saturated heterocycles. The van der Waals surface area contributed by atoms with Gasteiger partial charge in [-0.1, -0.05) is 0 Å². The first-order valence-electron chi connectivity index (χ1n) is 6.92. The third-order valence-electron chi connectivity index (χ3n) is 3.38. The molecule has 0 aliphatic carbocycles. The zero-order valence-corrected chi connectivity index (χ0v) is 13.2. The van der Waals surface area contributed by atoms with Crippen molar-refractivity contribution in [1.82, 2.24) is 9.97 Å². The molecule has 0 unspecified atom stereocenters. The fourth-order valence-corrected chi connectivity index (χ4v) is 2.08. The number of aryl methyl sites for hydroxylation is 1. The summed E-state index contributed by atoms with van der Waals surface area (Å²) in [5, 5.41) is 3.27. The number of anilines is 1. The molecule has 5 nitrogen and oxygen atoms in total. The predicted molar refractivity (Wildman–Crippen MR) is 84.2 cm³/mol. The summed E-state index contributed by atoms with van der Waals surface area (Å²) < 4.78 is 10.7. The van der Waals surface area contributed by atoms with Crippen LogP contribution in [-0.2, 0) is 0 Å². The van der Waals surface area contributed by atoms with Crippen LogP contribution in [0, 0.1) is 13.8 Å². The molecule has 0 aliphatic heterocycles. The van der Waals surface area contributed by atoms with Crippen molar-refractivity contribution in [2.45, 2.75) is 20.8 Å². The molecule has 0 fully saturated rings. The van der Waals surface area contributed by atoms with Crippen LogP contribution >= 0.6 is 0 Å². The van der Waals surface area contributed by atoms with E-state index in [4.69, 9.17) is 9.47 Å². The highest BCUT2D eigenvalue weighted by molar-refractivity contribution is 5.68. The van der Waals surface area contributed by atoms with Crippen molar-refractivity contribution in [1.29, 1.82) is 0 Å². The van der Waals surface area contributed by atoms with E-state index in [1.807, 2.05) is 39.0 Å². The smallest absolute Gasteiger partial charge is 0.165 e. The van der Waals surface area contributed by atoms with Crippen molar-refractivity contribution in [3.05, 3.63) is 29.5 Å². The first-order chi connectivity index (χ1) is 10.1. The van der Waals surface area contributed by atoms with Crippen molar-refractivity contribution >= 4 is 5.82 Å². The molecule has 1 N–H and O–H groups in total. The number of ether oxygens (including phenoxy) is 2. The molecule has 1 aromatic carbocycles. The van der Waals surface area contributed by atoms with Gasteiger partial charge in [0.2, 0.25) is 0 Å². The maximum absolute atomic E-state index is 5.41. The Bertz CT molecular complexity index is 642. The minimum absolute atomic E-state index is 0.629. The van der Waals surface area contributed by atoms with Gasteiger partial charge in [-0.25, -0.2) is 9.97 Å². The van der Waals surface area contributed by atoms with Crippen LogP contribution in [0.1, 0.15) is 18.2 Å². The Balaban J connectivity index is 2.60. The minimum atomic E-state index is 0.629. The SMILES string of the molecule is CCNc1nc(-c2cc(OC)ccc2OC)nc(C)c1C. The number of methoxy groups -OCH3 is 2. The lowest BCUT2D eigenvalue weighted by atomic mass is 10.1. The molecule has 1 heterocycles. The van der Waals surface area contributed by atoms with Crippen molar-refractivity contribution in [2.75, 3.05) is 26.1 Å². The zero-order chi connectivity index (χ0) is 15.4. The van der Waals surface area contributed by atoms with Crippen LogP contribution in [0.2, 0.25) is 0 Å². The summed E-state index contributed by atoms with van der Waals surface area (Å²) in [6, 6.07) is 5.60. The second-order valence-corrected chi connectivity index (χ2v) is 4.70. The van der Waals surface area contributed by atoms with Crippen LogP contribution in [0.25, 0.3) is 11.4 Å². The summed E-state index contributed by atoms with van der Waals surface area (Å²) in [7, 11) is 3.27. The van der Waals surface area contributed by atoms with E-state index in [9.17, 15) is 0 Å². The molecule has 0 aliphatic rings. The Hall–Kier alpha value is -2.30. The highest BCUT2D eigenvalue weighted by Crippen LogP contribution is 2.32. The Morgan fingerprint density at radius 2 is 1.86 bits per heavy atom. The standard InChI is InChI=1S/C16H21N3O2/c1-6-17-15-10(2)11(3)18-16(19-15)13-9-12(20-4)7-8-14(13)21-5/h7-9H,6H2,1-5H3,(H,17,18,19). The number of aromatic nitrogens is 2. The predicted octanol–water partition coefficient (Wildman–Crippen LogP) is 3.21. The lowest BCUT2D eigenvalue weighted by Crippen LogP contribution is -2.06. The fourth-order valence-electron chi connectivity index (χ4n) is 2.08. The minimum Gasteiger partial charge on any atom is -0.497 e. The monoisotopic (exact) mass is 287 g/mol. The molecule has 21 heavy (non-hydrogen) atoms. The highest BCUT2D eigenvalue weighted by Gasteiger charge is 2.14.